The lowest BCUT2D eigenvalue weighted by Gasteiger charge is -2.14. The summed E-state index contributed by atoms with van der Waals surface area (Å²) in [7, 11) is 0. The first kappa shape index (κ1) is 14.8. The van der Waals surface area contributed by atoms with E-state index in [4.69, 9.17) is 0 Å². The van der Waals surface area contributed by atoms with Crippen LogP contribution in [-0.2, 0) is 5.33 Å². The van der Waals surface area contributed by atoms with Crippen LogP contribution in [0.2, 0.25) is 0 Å². The van der Waals surface area contributed by atoms with Crippen LogP contribution in [0.4, 0.5) is 17.6 Å². The number of halogens is 5. The van der Waals surface area contributed by atoms with Crippen LogP contribution in [0, 0.1) is 5.82 Å². The van der Waals surface area contributed by atoms with Crippen LogP contribution >= 0.6 is 15.9 Å². The third kappa shape index (κ3) is 3.50. The third-order valence-corrected chi connectivity index (χ3v) is 3.24. The van der Waals surface area contributed by atoms with Crippen LogP contribution in [0.15, 0.2) is 42.5 Å². The first-order valence-corrected chi connectivity index (χ1v) is 6.72. The van der Waals surface area contributed by atoms with E-state index in [2.05, 4.69) is 20.7 Å². The number of para-hydroxylation sites is 1. The van der Waals surface area contributed by atoms with Crippen LogP contribution in [-0.4, -0.2) is 6.36 Å². The Labute approximate surface area is 121 Å². The Kier molecular flexibility index (Phi) is 4.32. The maximum atomic E-state index is 14.0. The SMILES string of the molecule is Fc1cc(CBr)ccc1-c1ccccc1OC(F)(F)F. The molecule has 0 heterocycles. The van der Waals surface area contributed by atoms with E-state index in [0.29, 0.717) is 10.9 Å². The highest BCUT2D eigenvalue weighted by Gasteiger charge is 2.32. The van der Waals surface area contributed by atoms with Crippen molar-refractivity contribution in [1.29, 1.82) is 0 Å². The molecule has 0 spiro atoms. The summed E-state index contributed by atoms with van der Waals surface area (Å²) in [6.45, 7) is 0. The minimum atomic E-state index is -4.82. The first-order valence-electron chi connectivity index (χ1n) is 5.60. The Morgan fingerprint density at radius 1 is 1.00 bits per heavy atom. The zero-order valence-corrected chi connectivity index (χ0v) is 11.6. The zero-order valence-electron chi connectivity index (χ0n) is 10.0. The molecular weight excluding hydrogens is 340 g/mol. The van der Waals surface area contributed by atoms with Crippen LogP contribution in [0.25, 0.3) is 11.1 Å². The van der Waals surface area contributed by atoms with E-state index in [1.807, 2.05) is 0 Å². The summed E-state index contributed by atoms with van der Waals surface area (Å²) in [5, 5.41) is 0.463. The first-order chi connectivity index (χ1) is 9.40. The molecule has 1 nitrogen and oxygen atoms in total. The standard InChI is InChI=1S/C14H9BrF4O/c15-8-9-5-6-10(12(16)7-9)11-3-1-2-4-13(11)20-14(17,18)19/h1-7H,8H2. The molecule has 2 rings (SSSR count). The van der Waals surface area contributed by atoms with E-state index in [1.54, 1.807) is 6.07 Å². The van der Waals surface area contributed by atoms with Gasteiger partial charge in [-0.2, -0.15) is 0 Å². The summed E-state index contributed by atoms with van der Waals surface area (Å²) in [5.74, 6) is -1.02. The minimum absolute atomic E-state index is 0.0587. The van der Waals surface area contributed by atoms with Crippen LogP contribution in [0.3, 0.4) is 0 Å². The van der Waals surface area contributed by atoms with Crippen LogP contribution in [0.5, 0.6) is 5.75 Å². The van der Waals surface area contributed by atoms with Crippen LogP contribution < -0.4 is 4.74 Å². The molecule has 6 heteroatoms. The molecule has 0 aliphatic rings. The predicted octanol–water partition coefficient (Wildman–Crippen LogP) is 5.29. The molecule has 0 aromatic heterocycles. The van der Waals surface area contributed by atoms with Gasteiger partial charge in [0, 0.05) is 16.5 Å². The summed E-state index contributed by atoms with van der Waals surface area (Å²) >= 11 is 3.19. The molecule has 0 fully saturated rings. The summed E-state index contributed by atoms with van der Waals surface area (Å²) in [6.07, 6.45) is -4.82. The van der Waals surface area contributed by atoms with E-state index in [0.717, 1.165) is 6.07 Å². The highest BCUT2D eigenvalue weighted by atomic mass is 79.9. The monoisotopic (exact) mass is 348 g/mol. The molecule has 20 heavy (non-hydrogen) atoms. The number of ether oxygens (including phenoxy) is 1. The van der Waals surface area contributed by atoms with Gasteiger partial charge in [-0.05, 0) is 17.7 Å². The molecular formula is C14H9BrF4O. The molecule has 0 saturated carbocycles. The van der Waals surface area contributed by atoms with Crippen molar-refractivity contribution in [3.63, 3.8) is 0 Å². The van der Waals surface area contributed by atoms with Gasteiger partial charge in [-0.1, -0.05) is 46.3 Å². The quantitative estimate of drug-likeness (QED) is 0.541. The van der Waals surface area contributed by atoms with Crippen molar-refractivity contribution in [2.24, 2.45) is 0 Å². The average molecular weight is 349 g/mol. The molecule has 0 amide bonds. The Balaban J connectivity index is 2.47. The van der Waals surface area contributed by atoms with Gasteiger partial charge < -0.3 is 4.74 Å². The van der Waals surface area contributed by atoms with Crippen molar-refractivity contribution in [3.05, 3.63) is 53.8 Å². The predicted molar refractivity (Wildman–Crippen MR) is 71.2 cm³/mol. The second-order valence-corrected chi connectivity index (χ2v) is 4.55. The lowest BCUT2D eigenvalue weighted by Crippen LogP contribution is -2.17. The van der Waals surface area contributed by atoms with Gasteiger partial charge >= 0.3 is 6.36 Å². The van der Waals surface area contributed by atoms with Gasteiger partial charge in [0.05, 0.1) is 0 Å². The van der Waals surface area contributed by atoms with Gasteiger partial charge in [0.15, 0.2) is 0 Å². The second-order valence-electron chi connectivity index (χ2n) is 3.99. The molecule has 2 aromatic carbocycles. The van der Waals surface area contributed by atoms with E-state index in [1.165, 1.54) is 30.3 Å². The van der Waals surface area contributed by atoms with Crippen molar-refractivity contribution in [3.8, 4) is 16.9 Å². The molecule has 0 aliphatic carbocycles. The molecule has 0 aliphatic heterocycles. The van der Waals surface area contributed by atoms with Gasteiger partial charge in [-0.15, -0.1) is 13.2 Å². The topological polar surface area (TPSA) is 9.23 Å². The summed E-state index contributed by atoms with van der Waals surface area (Å²) < 4.78 is 54.9. The highest BCUT2D eigenvalue weighted by Crippen LogP contribution is 2.35. The average Bonchev–Trinajstić information content (AvgIpc) is 2.38. The maximum Gasteiger partial charge on any atom is 0.573 e. The van der Waals surface area contributed by atoms with E-state index in [9.17, 15) is 17.6 Å². The lowest BCUT2D eigenvalue weighted by atomic mass is 10.0. The molecule has 106 valence electrons. The number of hydrogen-bond acceptors (Lipinski definition) is 1. The molecule has 0 N–H and O–H groups in total. The van der Waals surface area contributed by atoms with Gasteiger partial charge in [-0.25, -0.2) is 4.39 Å². The Morgan fingerprint density at radius 2 is 1.70 bits per heavy atom. The molecule has 2 aromatic rings. The van der Waals surface area contributed by atoms with Gasteiger partial charge in [0.2, 0.25) is 0 Å². The summed E-state index contributed by atoms with van der Waals surface area (Å²) in [6, 6.07) is 9.80. The van der Waals surface area contributed by atoms with Crippen molar-refractivity contribution < 1.29 is 22.3 Å². The van der Waals surface area contributed by atoms with E-state index < -0.39 is 17.9 Å². The number of alkyl halides is 4. The van der Waals surface area contributed by atoms with Crippen molar-refractivity contribution in [1.82, 2.24) is 0 Å². The molecule has 0 unspecified atom stereocenters. The molecule has 0 atom stereocenters. The van der Waals surface area contributed by atoms with Crippen molar-refractivity contribution >= 4 is 15.9 Å². The van der Waals surface area contributed by atoms with E-state index >= 15 is 0 Å². The fraction of sp³-hybridized carbons (Fsp3) is 0.143. The number of rotatable bonds is 3. The van der Waals surface area contributed by atoms with Crippen LogP contribution in [0.1, 0.15) is 5.56 Å². The zero-order chi connectivity index (χ0) is 14.8. The smallest absolute Gasteiger partial charge is 0.405 e. The summed E-state index contributed by atoms with van der Waals surface area (Å²) in [5.41, 5.74) is 0.818. The summed E-state index contributed by atoms with van der Waals surface area (Å²) in [4.78, 5) is 0. The Bertz CT molecular complexity index is 610. The normalized spacial score (nSPS) is 11.4. The highest BCUT2D eigenvalue weighted by molar-refractivity contribution is 9.08. The van der Waals surface area contributed by atoms with Gasteiger partial charge in [0.1, 0.15) is 11.6 Å². The second kappa shape index (κ2) is 5.83. The molecule has 0 radical (unpaired) electrons. The largest absolute Gasteiger partial charge is 0.573 e. The minimum Gasteiger partial charge on any atom is -0.405 e. The fourth-order valence-electron chi connectivity index (χ4n) is 1.76. The van der Waals surface area contributed by atoms with Gasteiger partial charge in [-0.3, -0.25) is 0 Å². The number of benzene rings is 2. The van der Waals surface area contributed by atoms with E-state index in [-0.39, 0.29) is 11.1 Å². The molecule has 0 bridgehead atoms. The van der Waals surface area contributed by atoms with Gasteiger partial charge in [0.25, 0.3) is 0 Å². The number of hydrogen-bond donors (Lipinski definition) is 0. The third-order valence-electron chi connectivity index (χ3n) is 2.59. The maximum absolute atomic E-state index is 14.0. The Morgan fingerprint density at radius 3 is 2.30 bits per heavy atom. The van der Waals surface area contributed by atoms with Crippen molar-refractivity contribution in [2.45, 2.75) is 11.7 Å². The Hall–Kier alpha value is -1.56. The fourth-order valence-corrected chi connectivity index (χ4v) is 2.11. The van der Waals surface area contributed by atoms with Crippen molar-refractivity contribution in [2.75, 3.05) is 0 Å². The lowest BCUT2D eigenvalue weighted by molar-refractivity contribution is -0.274. The molecule has 0 saturated heterocycles.